The zero-order chi connectivity index (χ0) is 20.0. The molecule has 2 atom stereocenters. The Hall–Kier alpha value is -3.30. The van der Waals surface area contributed by atoms with Gasteiger partial charge in [0.25, 0.3) is 5.91 Å². The molecule has 146 valence electrons. The van der Waals surface area contributed by atoms with Crippen molar-refractivity contribution >= 4 is 23.8 Å². The molecule has 1 saturated heterocycles. The number of rotatable bonds is 7. The molecule has 4 N–H and O–H groups in total. The second kappa shape index (κ2) is 8.88. The van der Waals surface area contributed by atoms with Crippen LogP contribution in [0.2, 0.25) is 0 Å². The summed E-state index contributed by atoms with van der Waals surface area (Å²) < 4.78 is 5.13. The number of carbonyl (C=O) groups excluding carboxylic acids is 4. The lowest BCUT2D eigenvalue weighted by Crippen LogP contribution is -2.48. The van der Waals surface area contributed by atoms with Crippen molar-refractivity contribution in [3.8, 4) is 0 Å². The first-order valence-corrected chi connectivity index (χ1v) is 8.36. The highest BCUT2D eigenvalue weighted by Gasteiger charge is 2.42. The molecule has 27 heavy (non-hydrogen) atoms. The fourth-order valence-corrected chi connectivity index (χ4v) is 2.91. The SMILES string of the molecule is C=CCNC(=O)N[C@H]1C[C@@H](C(=O)N(C)CC(N)=O)N(C(=O)c2ccco2)C1. The Balaban J connectivity index is 2.14. The van der Waals surface area contributed by atoms with Crippen LogP contribution < -0.4 is 16.4 Å². The van der Waals surface area contributed by atoms with Crippen molar-refractivity contribution in [3.63, 3.8) is 0 Å². The minimum atomic E-state index is -0.850. The summed E-state index contributed by atoms with van der Waals surface area (Å²) in [5.74, 6) is -1.49. The monoisotopic (exact) mass is 377 g/mol. The summed E-state index contributed by atoms with van der Waals surface area (Å²) in [6.45, 7) is 3.66. The van der Waals surface area contributed by atoms with E-state index in [4.69, 9.17) is 10.2 Å². The third kappa shape index (κ3) is 5.09. The van der Waals surface area contributed by atoms with Crippen LogP contribution >= 0.6 is 0 Å². The van der Waals surface area contributed by atoms with Crippen LogP contribution in [-0.4, -0.2) is 72.3 Å². The van der Waals surface area contributed by atoms with E-state index in [1.54, 1.807) is 6.07 Å². The van der Waals surface area contributed by atoms with Crippen molar-refractivity contribution in [2.24, 2.45) is 5.73 Å². The van der Waals surface area contributed by atoms with Gasteiger partial charge in [0.1, 0.15) is 6.04 Å². The predicted octanol–water partition coefficient (Wildman–Crippen LogP) is -0.708. The van der Waals surface area contributed by atoms with E-state index >= 15 is 0 Å². The molecule has 0 aliphatic carbocycles. The summed E-state index contributed by atoms with van der Waals surface area (Å²) in [5, 5.41) is 5.30. The molecule has 0 unspecified atom stereocenters. The van der Waals surface area contributed by atoms with Gasteiger partial charge in [-0.05, 0) is 18.6 Å². The molecule has 10 heteroatoms. The molecule has 1 aliphatic heterocycles. The third-order valence-corrected chi connectivity index (χ3v) is 4.09. The number of urea groups is 1. The molecule has 0 spiro atoms. The summed E-state index contributed by atoms with van der Waals surface area (Å²) in [7, 11) is 1.43. The van der Waals surface area contributed by atoms with Gasteiger partial charge in [-0.15, -0.1) is 6.58 Å². The van der Waals surface area contributed by atoms with E-state index in [-0.39, 0.29) is 31.8 Å². The van der Waals surface area contributed by atoms with Crippen LogP contribution in [0.4, 0.5) is 4.79 Å². The zero-order valence-electron chi connectivity index (χ0n) is 15.0. The van der Waals surface area contributed by atoms with Gasteiger partial charge in [-0.1, -0.05) is 6.08 Å². The van der Waals surface area contributed by atoms with Crippen LogP contribution in [0, 0.1) is 0 Å². The molecular formula is C17H23N5O5. The fourth-order valence-electron chi connectivity index (χ4n) is 2.91. The van der Waals surface area contributed by atoms with Crippen molar-refractivity contribution in [2.45, 2.75) is 18.5 Å². The van der Waals surface area contributed by atoms with Crippen LogP contribution in [0.3, 0.4) is 0 Å². The predicted molar refractivity (Wildman–Crippen MR) is 95.5 cm³/mol. The largest absolute Gasteiger partial charge is 0.459 e. The molecule has 0 radical (unpaired) electrons. The first-order chi connectivity index (χ1) is 12.8. The van der Waals surface area contributed by atoms with Crippen LogP contribution in [0.5, 0.6) is 0 Å². The van der Waals surface area contributed by atoms with Crippen molar-refractivity contribution in [2.75, 3.05) is 26.7 Å². The Morgan fingerprint density at radius 1 is 1.44 bits per heavy atom. The minimum absolute atomic E-state index is 0.0853. The van der Waals surface area contributed by atoms with E-state index in [1.807, 2.05) is 0 Å². The molecule has 2 rings (SSSR count). The molecule has 2 heterocycles. The maximum Gasteiger partial charge on any atom is 0.315 e. The second-order valence-electron chi connectivity index (χ2n) is 6.19. The van der Waals surface area contributed by atoms with Gasteiger partial charge in [-0.25, -0.2) is 4.79 Å². The molecule has 1 aromatic rings. The van der Waals surface area contributed by atoms with E-state index in [1.165, 1.54) is 30.4 Å². The first kappa shape index (κ1) is 20.0. The van der Waals surface area contributed by atoms with Crippen LogP contribution in [-0.2, 0) is 9.59 Å². The standard InChI is InChI=1S/C17H23N5O5/c1-3-6-19-17(26)20-11-8-12(15(24)21(2)10-14(18)23)22(9-11)16(25)13-5-4-7-27-13/h3-5,7,11-12H,1,6,8-10H2,2H3,(H2,18,23)(H2,19,20,26)/t11-,12-/m0/s1. The van der Waals surface area contributed by atoms with Crippen molar-refractivity contribution in [1.82, 2.24) is 20.4 Å². The van der Waals surface area contributed by atoms with Gasteiger partial charge in [0.15, 0.2) is 5.76 Å². The molecule has 0 aromatic carbocycles. The minimum Gasteiger partial charge on any atom is -0.459 e. The van der Waals surface area contributed by atoms with E-state index in [0.717, 1.165) is 4.90 Å². The highest BCUT2D eigenvalue weighted by molar-refractivity contribution is 5.96. The van der Waals surface area contributed by atoms with Crippen LogP contribution in [0.15, 0.2) is 35.5 Å². The molecule has 0 bridgehead atoms. The lowest BCUT2D eigenvalue weighted by molar-refractivity contribution is -0.137. The summed E-state index contributed by atoms with van der Waals surface area (Å²) in [6.07, 6.45) is 3.10. The molecule has 1 aromatic heterocycles. The Labute approximate surface area is 156 Å². The molecular weight excluding hydrogens is 354 g/mol. The third-order valence-electron chi connectivity index (χ3n) is 4.09. The topological polar surface area (TPSA) is 138 Å². The Morgan fingerprint density at radius 2 is 2.19 bits per heavy atom. The fraction of sp³-hybridized carbons (Fsp3) is 0.412. The normalized spacial score (nSPS) is 18.6. The van der Waals surface area contributed by atoms with Crippen LogP contribution in [0.25, 0.3) is 0 Å². The summed E-state index contributed by atoms with van der Waals surface area (Å²) in [4.78, 5) is 50.9. The number of primary amides is 1. The van der Waals surface area contributed by atoms with Crippen molar-refractivity contribution in [1.29, 1.82) is 0 Å². The number of nitrogens with one attached hydrogen (secondary N) is 2. The first-order valence-electron chi connectivity index (χ1n) is 8.36. The van der Waals surface area contributed by atoms with E-state index in [2.05, 4.69) is 17.2 Å². The van der Waals surface area contributed by atoms with Gasteiger partial charge < -0.3 is 30.6 Å². The lowest BCUT2D eigenvalue weighted by Gasteiger charge is -2.26. The molecule has 5 amide bonds. The maximum absolute atomic E-state index is 12.7. The molecule has 0 saturated carbocycles. The van der Waals surface area contributed by atoms with E-state index in [0.29, 0.717) is 0 Å². The lowest BCUT2D eigenvalue weighted by atomic mass is 10.1. The summed E-state index contributed by atoms with van der Waals surface area (Å²) >= 11 is 0. The molecule has 1 aliphatic rings. The number of amides is 5. The number of hydrogen-bond acceptors (Lipinski definition) is 5. The van der Waals surface area contributed by atoms with Crippen molar-refractivity contribution in [3.05, 3.63) is 36.8 Å². The Kier molecular flexibility index (Phi) is 6.58. The number of likely N-dealkylation sites (tertiary alicyclic amines) is 1. The van der Waals surface area contributed by atoms with Crippen molar-refractivity contribution < 1.29 is 23.6 Å². The van der Waals surface area contributed by atoms with Crippen LogP contribution in [0.1, 0.15) is 17.0 Å². The number of carbonyl (C=O) groups is 4. The summed E-state index contributed by atoms with van der Waals surface area (Å²) in [5.41, 5.74) is 5.14. The highest BCUT2D eigenvalue weighted by Crippen LogP contribution is 2.22. The number of nitrogens with zero attached hydrogens (tertiary/aromatic N) is 2. The maximum atomic E-state index is 12.7. The Bertz CT molecular complexity index is 717. The van der Waals surface area contributed by atoms with Gasteiger partial charge >= 0.3 is 6.03 Å². The quantitative estimate of drug-likeness (QED) is 0.539. The second-order valence-corrected chi connectivity index (χ2v) is 6.19. The van der Waals surface area contributed by atoms with Gasteiger partial charge in [-0.2, -0.15) is 0 Å². The smallest absolute Gasteiger partial charge is 0.315 e. The van der Waals surface area contributed by atoms with Gasteiger partial charge in [-0.3, -0.25) is 14.4 Å². The molecule has 10 nitrogen and oxygen atoms in total. The molecule has 1 fully saturated rings. The zero-order valence-corrected chi connectivity index (χ0v) is 15.0. The highest BCUT2D eigenvalue weighted by atomic mass is 16.3. The number of nitrogens with two attached hydrogens (primary N) is 1. The average Bonchev–Trinajstić information content (AvgIpc) is 3.28. The average molecular weight is 377 g/mol. The number of likely N-dealkylation sites (N-methyl/N-ethyl adjacent to an activating group) is 1. The number of hydrogen-bond donors (Lipinski definition) is 3. The number of furan rings is 1. The van der Waals surface area contributed by atoms with E-state index < -0.39 is 35.8 Å². The van der Waals surface area contributed by atoms with Gasteiger partial charge in [0.2, 0.25) is 11.8 Å². The van der Waals surface area contributed by atoms with E-state index in [9.17, 15) is 19.2 Å². The van der Waals surface area contributed by atoms with Gasteiger partial charge in [0.05, 0.1) is 18.8 Å². The Morgan fingerprint density at radius 3 is 2.78 bits per heavy atom. The van der Waals surface area contributed by atoms with Gasteiger partial charge in [0, 0.05) is 20.1 Å². The summed E-state index contributed by atoms with van der Waals surface area (Å²) in [6, 6.07) is 1.34.